The van der Waals surface area contributed by atoms with Gasteiger partial charge in [-0.1, -0.05) is 16.5 Å². The van der Waals surface area contributed by atoms with Crippen LogP contribution < -0.4 is 5.32 Å². The van der Waals surface area contributed by atoms with Crippen LogP contribution in [0.2, 0.25) is 0 Å². The van der Waals surface area contributed by atoms with Crippen molar-refractivity contribution in [1.29, 1.82) is 0 Å². The predicted molar refractivity (Wildman–Crippen MR) is 57.3 cm³/mol. The highest BCUT2D eigenvalue weighted by molar-refractivity contribution is 7.17. The minimum Gasteiger partial charge on any atom is -0.465 e. The van der Waals surface area contributed by atoms with Gasteiger partial charge in [-0.15, -0.1) is 0 Å². The van der Waals surface area contributed by atoms with Crippen LogP contribution in [0.5, 0.6) is 0 Å². The van der Waals surface area contributed by atoms with Gasteiger partial charge < -0.3 is 14.6 Å². The van der Waals surface area contributed by atoms with Crippen molar-refractivity contribution in [2.45, 2.75) is 6.54 Å². The number of methoxy groups -OCH3 is 1. The summed E-state index contributed by atoms with van der Waals surface area (Å²) in [5, 5.41) is 7.22. The minimum atomic E-state index is -0.384. The second-order valence-corrected chi connectivity index (χ2v) is 3.88. The molecule has 2 rings (SSSR count). The molecule has 0 spiro atoms. The monoisotopic (exact) mass is 239 g/mol. The SMILES string of the molecule is COC(=O)c1cnc(NCc2ccno2)s1. The van der Waals surface area contributed by atoms with Crippen molar-refractivity contribution in [1.82, 2.24) is 10.1 Å². The first-order valence-corrected chi connectivity index (χ1v) is 5.29. The minimum absolute atomic E-state index is 0.384. The van der Waals surface area contributed by atoms with Crippen LogP contribution in [0, 0.1) is 0 Å². The van der Waals surface area contributed by atoms with E-state index in [-0.39, 0.29) is 5.97 Å². The smallest absolute Gasteiger partial charge is 0.349 e. The van der Waals surface area contributed by atoms with Crippen LogP contribution in [0.25, 0.3) is 0 Å². The third-order valence-electron chi connectivity index (χ3n) is 1.80. The second-order valence-electron chi connectivity index (χ2n) is 2.85. The lowest BCUT2D eigenvalue weighted by molar-refractivity contribution is 0.0606. The van der Waals surface area contributed by atoms with Gasteiger partial charge >= 0.3 is 5.97 Å². The summed E-state index contributed by atoms with van der Waals surface area (Å²) in [4.78, 5) is 15.6. The molecule has 1 N–H and O–H groups in total. The lowest BCUT2D eigenvalue weighted by Crippen LogP contribution is -1.97. The molecule has 2 aromatic rings. The molecule has 0 saturated carbocycles. The molecule has 0 atom stereocenters. The molecule has 0 aliphatic rings. The van der Waals surface area contributed by atoms with Gasteiger partial charge in [0.15, 0.2) is 10.9 Å². The van der Waals surface area contributed by atoms with Crippen molar-refractivity contribution in [3.05, 3.63) is 29.1 Å². The topological polar surface area (TPSA) is 77.2 Å². The van der Waals surface area contributed by atoms with Crippen LogP contribution in [0.1, 0.15) is 15.4 Å². The number of hydrogen-bond donors (Lipinski definition) is 1. The molecule has 2 aromatic heterocycles. The first-order chi connectivity index (χ1) is 7.79. The number of esters is 1. The van der Waals surface area contributed by atoms with E-state index in [2.05, 4.69) is 20.2 Å². The van der Waals surface area contributed by atoms with Crippen molar-refractivity contribution in [2.75, 3.05) is 12.4 Å². The molecule has 0 unspecified atom stereocenters. The van der Waals surface area contributed by atoms with Crippen LogP contribution in [0.15, 0.2) is 23.0 Å². The number of thiazole rings is 1. The average molecular weight is 239 g/mol. The van der Waals surface area contributed by atoms with Crippen LogP contribution in [-0.4, -0.2) is 23.2 Å². The molecule has 0 aliphatic carbocycles. The molecule has 0 bridgehead atoms. The Kier molecular flexibility index (Phi) is 3.16. The molecule has 0 saturated heterocycles. The molecular weight excluding hydrogens is 230 g/mol. The summed E-state index contributed by atoms with van der Waals surface area (Å²) >= 11 is 1.23. The number of anilines is 1. The Hall–Kier alpha value is -1.89. The Balaban J connectivity index is 1.95. The van der Waals surface area contributed by atoms with E-state index in [1.165, 1.54) is 24.6 Å². The molecule has 84 valence electrons. The summed E-state index contributed by atoms with van der Waals surface area (Å²) in [7, 11) is 1.34. The Morgan fingerprint density at radius 3 is 3.25 bits per heavy atom. The highest BCUT2D eigenvalue weighted by Gasteiger charge is 2.10. The summed E-state index contributed by atoms with van der Waals surface area (Å²) in [5.74, 6) is 0.319. The van der Waals surface area contributed by atoms with Crippen molar-refractivity contribution in [3.63, 3.8) is 0 Å². The zero-order chi connectivity index (χ0) is 11.4. The van der Waals surface area contributed by atoms with Gasteiger partial charge in [0.05, 0.1) is 26.0 Å². The van der Waals surface area contributed by atoms with Crippen LogP contribution >= 0.6 is 11.3 Å². The number of rotatable bonds is 4. The van der Waals surface area contributed by atoms with Gasteiger partial charge in [0.1, 0.15) is 4.88 Å². The molecule has 2 heterocycles. The van der Waals surface area contributed by atoms with Crippen molar-refractivity contribution >= 4 is 22.4 Å². The van der Waals surface area contributed by atoms with E-state index in [4.69, 9.17) is 4.52 Å². The first kappa shape index (κ1) is 10.6. The van der Waals surface area contributed by atoms with Gasteiger partial charge in [-0.2, -0.15) is 0 Å². The van der Waals surface area contributed by atoms with E-state index >= 15 is 0 Å². The van der Waals surface area contributed by atoms with Gasteiger partial charge in [-0.3, -0.25) is 0 Å². The summed E-state index contributed by atoms with van der Waals surface area (Å²) in [6.45, 7) is 0.480. The number of nitrogens with one attached hydrogen (secondary N) is 1. The standard InChI is InChI=1S/C9H9N3O3S/c1-14-8(13)7-5-11-9(16-7)10-4-6-2-3-12-15-6/h2-3,5H,4H2,1H3,(H,10,11). The summed E-state index contributed by atoms with van der Waals surface area (Å²) in [5.41, 5.74) is 0. The first-order valence-electron chi connectivity index (χ1n) is 4.47. The molecule has 16 heavy (non-hydrogen) atoms. The molecule has 0 radical (unpaired) electrons. The normalized spacial score (nSPS) is 10.1. The van der Waals surface area contributed by atoms with Crippen LogP contribution in [0.3, 0.4) is 0 Å². The van der Waals surface area contributed by atoms with Crippen molar-refractivity contribution in [3.8, 4) is 0 Å². The number of aromatic nitrogens is 2. The number of carbonyl (C=O) groups excluding carboxylic acids is 1. The van der Waals surface area contributed by atoms with E-state index in [9.17, 15) is 4.79 Å². The fraction of sp³-hybridized carbons (Fsp3) is 0.222. The Morgan fingerprint density at radius 2 is 2.56 bits per heavy atom. The largest absolute Gasteiger partial charge is 0.465 e. The Bertz CT molecular complexity index is 466. The molecule has 6 nitrogen and oxygen atoms in total. The zero-order valence-electron chi connectivity index (χ0n) is 8.47. The second kappa shape index (κ2) is 4.75. The fourth-order valence-electron chi connectivity index (χ4n) is 1.05. The number of carbonyl (C=O) groups is 1. The zero-order valence-corrected chi connectivity index (χ0v) is 9.28. The van der Waals surface area contributed by atoms with E-state index in [0.29, 0.717) is 22.3 Å². The van der Waals surface area contributed by atoms with Crippen LogP contribution in [0.4, 0.5) is 5.13 Å². The Morgan fingerprint density at radius 1 is 1.69 bits per heavy atom. The van der Waals surface area contributed by atoms with Crippen molar-refractivity contribution < 1.29 is 14.1 Å². The molecule has 0 fully saturated rings. The molecule has 7 heteroatoms. The van der Waals surface area contributed by atoms with E-state index < -0.39 is 0 Å². The maximum absolute atomic E-state index is 11.2. The number of hydrogen-bond acceptors (Lipinski definition) is 7. The van der Waals surface area contributed by atoms with Gasteiger partial charge in [-0.05, 0) is 0 Å². The lowest BCUT2D eigenvalue weighted by Gasteiger charge is -1.96. The number of ether oxygens (including phenoxy) is 1. The predicted octanol–water partition coefficient (Wildman–Crippen LogP) is 1.53. The number of nitrogens with zero attached hydrogens (tertiary/aromatic N) is 2. The van der Waals surface area contributed by atoms with E-state index in [1.807, 2.05) is 0 Å². The quantitative estimate of drug-likeness (QED) is 0.815. The maximum atomic E-state index is 11.2. The molecular formula is C9H9N3O3S. The molecule has 0 aromatic carbocycles. The summed E-state index contributed by atoms with van der Waals surface area (Å²) in [6, 6.07) is 1.75. The third kappa shape index (κ3) is 2.37. The Labute approximate surface area is 95.2 Å². The summed E-state index contributed by atoms with van der Waals surface area (Å²) in [6.07, 6.45) is 3.04. The molecule has 0 amide bonds. The summed E-state index contributed by atoms with van der Waals surface area (Å²) < 4.78 is 9.48. The highest BCUT2D eigenvalue weighted by Crippen LogP contribution is 2.19. The van der Waals surface area contributed by atoms with E-state index in [0.717, 1.165) is 0 Å². The highest BCUT2D eigenvalue weighted by atomic mass is 32.1. The van der Waals surface area contributed by atoms with Gasteiger partial charge in [0.2, 0.25) is 0 Å². The lowest BCUT2D eigenvalue weighted by atomic mass is 10.5. The van der Waals surface area contributed by atoms with Gasteiger partial charge in [-0.25, -0.2) is 9.78 Å². The van der Waals surface area contributed by atoms with Crippen molar-refractivity contribution in [2.24, 2.45) is 0 Å². The van der Waals surface area contributed by atoms with E-state index in [1.54, 1.807) is 12.3 Å². The van der Waals surface area contributed by atoms with Crippen LogP contribution in [-0.2, 0) is 11.3 Å². The fourth-order valence-corrected chi connectivity index (χ4v) is 1.78. The van der Waals surface area contributed by atoms with Gasteiger partial charge in [0.25, 0.3) is 0 Å². The average Bonchev–Trinajstić information content (AvgIpc) is 2.96. The van der Waals surface area contributed by atoms with Gasteiger partial charge in [0, 0.05) is 6.07 Å². The maximum Gasteiger partial charge on any atom is 0.349 e. The third-order valence-corrected chi connectivity index (χ3v) is 2.73. The molecule has 0 aliphatic heterocycles.